The van der Waals surface area contributed by atoms with Crippen LogP contribution in [-0.4, -0.2) is 37.5 Å². The number of aliphatic hydroxyl groups is 1. The molecule has 1 aliphatic rings. The molecule has 1 saturated heterocycles. The number of hydrogen-bond donors (Lipinski definition) is 2. The molecule has 0 spiro atoms. The summed E-state index contributed by atoms with van der Waals surface area (Å²) in [6, 6.07) is 0.325. The smallest absolute Gasteiger partial charge is 0.0694 e. The first-order valence-electron chi connectivity index (χ1n) is 5.25. The van der Waals surface area contributed by atoms with E-state index in [0.717, 1.165) is 32.4 Å². The molecule has 0 aliphatic carbocycles. The van der Waals surface area contributed by atoms with Crippen molar-refractivity contribution in [1.82, 2.24) is 5.32 Å². The van der Waals surface area contributed by atoms with Crippen molar-refractivity contribution in [3.63, 3.8) is 0 Å². The Morgan fingerprint density at radius 2 is 2.38 bits per heavy atom. The molecule has 13 heavy (non-hydrogen) atoms. The van der Waals surface area contributed by atoms with Crippen LogP contribution in [0.1, 0.15) is 32.1 Å². The summed E-state index contributed by atoms with van der Waals surface area (Å²) in [5.41, 5.74) is 0. The number of hydrogen-bond acceptors (Lipinski definition) is 3. The van der Waals surface area contributed by atoms with E-state index in [9.17, 15) is 5.11 Å². The van der Waals surface area contributed by atoms with Crippen LogP contribution in [0.25, 0.3) is 0 Å². The first kappa shape index (κ1) is 11.0. The molecule has 3 heteroatoms. The summed E-state index contributed by atoms with van der Waals surface area (Å²) < 4.78 is 4.95. The Labute approximate surface area is 80.5 Å². The Morgan fingerprint density at radius 1 is 1.54 bits per heavy atom. The van der Waals surface area contributed by atoms with Crippen LogP contribution in [0.2, 0.25) is 0 Å². The maximum Gasteiger partial charge on any atom is 0.0694 e. The highest BCUT2D eigenvalue weighted by molar-refractivity contribution is 4.79. The highest BCUT2D eigenvalue weighted by atomic mass is 16.5. The third kappa shape index (κ3) is 4.07. The third-order valence-electron chi connectivity index (χ3n) is 2.66. The zero-order chi connectivity index (χ0) is 9.52. The SMILES string of the molecule is COCCCC(O)C1CCCCN1. The van der Waals surface area contributed by atoms with Gasteiger partial charge in [-0.15, -0.1) is 0 Å². The molecular weight excluding hydrogens is 166 g/mol. The van der Waals surface area contributed by atoms with Gasteiger partial charge in [-0.2, -0.15) is 0 Å². The molecule has 0 amide bonds. The van der Waals surface area contributed by atoms with Crippen LogP contribution in [0.5, 0.6) is 0 Å². The maximum atomic E-state index is 9.78. The number of rotatable bonds is 5. The molecule has 0 saturated carbocycles. The summed E-state index contributed by atoms with van der Waals surface area (Å²) in [5.74, 6) is 0. The van der Waals surface area contributed by atoms with Crippen LogP contribution < -0.4 is 5.32 Å². The van der Waals surface area contributed by atoms with E-state index in [-0.39, 0.29) is 6.10 Å². The molecule has 0 bridgehead atoms. The van der Waals surface area contributed by atoms with Gasteiger partial charge in [0.2, 0.25) is 0 Å². The van der Waals surface area contributed by atoms with Crippen LogP contribution in [0.4, 0.5) is 0 Å². The monoisotopic (exact) mass is 187 g/mol. The summed E-state index contributed by atoms with van der Waals surface area (Å²) >= 11 is 0. The minimum absolute atomic E-state index is 0.185. The summed E-state index contributed by atoms with van der Waals surface area (Å²) in [7, 11) is 1.70. The second-order valence-corrected chi connectivity index (χ2v) is 3.76. The van der Waals surface area contributed by atoms with E-state index in [0.29, 0.717) is 6.04 Å². The lowest BCUT2D eigenvalue weighted by Gasteiger charge is -2.27. The van der Waals surface area contributed by atoms with Crippen LogP contribution in [0, 0.1) is 0 Å². The molecule has 2 unspecified atom stereocenters. The summed E-state index contributed by atoms with van der Waals surface area (Å²) in [5, 5.41) is 13.1. The molecule has 1 fully saturated rings. The number of methoxy groups -OCH3 is 1. The molecule has 1 rings (SSSR count). The van der Waals surface area contributed by atoms with Crippen molar-refractivity contribution in [2.24, 2.45) is 0 Å². The summed E-state index contributed by atoms with van der Waals surface area (Å²) in [6.45, 7) is 1.82. The van der Waals surface area contributed by atoms with Gasteiger partial charge in [-0.1, -0.05) is 6.42 Å². The number of piperidine rings is 1. The lowest BCUT2D eigenvalue weighted by Crippen LogP contribution is -2.43. The first-order chi connectivity index (χ1) is 6.34. The lowest BCUT2D eigenvalue weighted by molar-refractivity contribution is 0.0908. The van der Waals surface area contributed by atoms with Gasteiger partial charge < -0.3 is 15.2 Å². The van der Waals surface area contributed by atoms with E-state index in [2.05, 4.69) is 5.32 Å². The quantitative estimate of drug-likeness (QED) is 0.629. The van der Waals surface area contributed by atoms with Crippen molar-refractivity contribution in [3.05, 3.63) is 0 Å². The molecule has 2 N–H and O–H groups in total. The van der Waals surface area contributed by atoms with Gasteiger partial charge in [0.05, 0.1) is 6.10 Å². The zero-order valence-corrected chi connectivity index (χ0v) is 8.46. The Balaban J connectivity index is 2.09. The number of ether oxygens (including phenoxy) is 1. The standard InChI is InChI=1S/C10H21NO2/c1-13-8-4-6-10(12)9-5-2-3-7-11-9/h9-12H,2-8H2,1H3. The molecule has 78 valence electrons. The highest BCUT2D eigenvalue weighted by Gasteiger charge is 2.20. The van der Waals surface area contributed by atoms with E-state index in [1.807, 2.05) is 0 Å². The van der Waals surface area contributed by atoms with Crippen molar-refractivity contribution in [3.8, 4) is 0 Å². The van der Waals surface area contributed by atoms with Gasteiger partial charge in [-0.05, 0) is 32.2 Å². The van der Waals surface area contributed by atoms with Gasteiger partial charge in [0.1, 0.15) is 0 Å². The summed E-state index contributed by atoms with van der Waals surface area (Å²) in [6.07, 6.45) is 5.24. The second kappa shape index (κ2) is 6.35. The molecule has 2 atom stereocenters. The second-order valence-electron chi connectivity index (χ2n) is 3.76. The topological polar surface area (TPSA) is 41.5 Å². The average Bonchev–Trinajstić information content (AvgIpc) is 2.19. The molecule has 0 aromatic heterocycles. The van der Waals surface area contributed by atoms with Gasteiger partial charge in [-0.3, -0.25) is 0 Å². The Bertz CT molecular complexity index is 124. The first-order valence-corrected chi connectivity index (χ1v) is 5.25. The molecule has 1 heterocycles. The molecule has 0 aromatic rings. The average molecular weight is 187 g/mol. The van der Waals surface area contributed by atoms with Gasteiger partial charge in [-0.25, -0.2) is 0 Å². The molecule has 3 nitrogen and oxygen atoms in total. The van der Waals surface area contributed by atoms with Crippen LogP contribution in [-0.2, 0) is 4.74 Å². The van der Waals surface area contributed by atoms with E-state index < -0.39 is 0 Å². The van der Waals surface area contributed by atoms with E-state index in [1.54, 1.807) is 7.11 Å². The van der Waals surface area contributed by atoms with Gasteiger partial charge >= 0.3 is 0 Å². The third-order valence-corrected chi connectivity index (χ3v) is 2.66. The fraction of sp³-hybridized carbons (Fsp3) is 1.00. The van der Waals surface area contributed by atoms with Crippen LogP contribution >= 0.6 is 0 Å². The van der Waals surface area contributed by atoms with Crippen molar-refractivity contribution >= 4 is 0 Å². The maximum absolute atomic E-state index is 9.78. The van der Waals surface area contributed by atoms with Gasteiger partial charge in [0, 0.05) is 19.8 Å². The predicted octanol–water partition coefficient (Wildman–Crippen LogP) is 0.916. The van der Waals surface area contributed by atoms with Gasteiger partial charge in [0.15, 0.2) is 0 Å². The van der Waals surface area contributed by atoms with Gasteiger partial charge in [0.25, 0.3) is 0 Å². The van der Waals surface area contributed by atoms with Crippen LogP contribution in [0.15, 0.2) is 0 Å². The zero-order valence-electron chi connectivity index (χ0n) is 8.46. The Kier molecular flexibility index (Phi) is 5.35. The van der Waals surface area contributed by atoms with E-state index in [1.165, 1.54) is 12.8 Å². The van der Waals surface area contributed by atoms with Crippen molar-refractivity contribution in [2.75, 3.05) is 20.3 Å². The lowest BCUT2D eigenvalue weighted by atomic mass is 9.97. The van der Waals surface area contributed by atoms with Crippen molar-refractivity contribution in [2.45, 2.75) is 44.2 Å². The molecule has 0 radical (unpaired) electrons. The number of nitrogens with one attached hydrogen (secondary N) is 1. The van der Waals surface area contributed by atoms with E-state index in [4.69, 9.17) is 4.74 Å². The Morgan fingerprint density at radius 3 is 3.00 bits per heavy atom. The minimum atomic E-state index is -0.185. The van der Waals surface area contributed by atoms with Crippen molar-refractivity contribution < 1.29 is 9.84 Å². The normalized spacial score (nSPS) is 25.8. The fourth-order valence-electron chi connectivity index (χ4n) is 1.85. The Hall–Kier alpha value is -0.120. The number of aliphatic hydroxyl groups excluding tert-OH is 1. The van der Waals surface area contributed by atoms with E-state index >= 15 is 0 Å². The largest absolute Gasteiger partial charge is 0.392 e. The predicted molar refractivity (Wildman–Crippen MR) is 52.8 cm³/mol. The van der Waals surface area contributed by atoms with Crippen LogP contribution in [0.3, 0.4) is 0 Å². The fourth-order valence-corrected chi connectivity index (χ4v) is 1.85. The van der Waals surface area contributed by atoms with Crippen molar-refractivity contribution in [1.29, 1.82) is 0 Å². The molecule has 1 aliphatic heterocycles. The summed E-state index contributed by atoms with van der Waals surface area (Å²) in [4.78, 5) is 0. The minimum Gasteiger partial charge on any atom is -0.392 e. The highest BCUT2D eigenvalue weighted by Crippen LogP contribution is 2.13. The molecular formula is C10H21NO2. The molecule has 0 aromatic carbocycles.